The Morgan fingerprint density at radius 3 is 1.41 bits per heavy atom. The predicted octanol–water partition coefficient (Wildman–Crippen LogP) is 5.36. The minimum absolute atomic E-state index is 0.0979. The molecule has 0 bridgehead atoms. The Kier molecular flexibility index (Phi) is 14.2. The molecule has 2 atom stereocenters. The largest absolute Gasteiger partial charge is 0.356 e. The molecule has 0 aromatic carbocycles. The molecule has 1 fully saturated rings. The van der Waals surface area contributed by atoms with Crippen molar-refractivity contribution in [1.82, 2.24) is 10.6 Å². The van der Waals surface area contributed by atoms with Crippen LogP contribution in [0.3, 0.4) is 0 Å². The summed E-state index contributed by atoms with van der Waals surface area (Å²) in [7, 11) is 0. The van der Waals surface area contributed by atoms with Crippen LogP contribution >= 0.6 is 0 Å². The van der Waals surface area contributed by atoms with Gasteiger partial charge in [-0.3, -0.25) is 9.59 Å². The number of carbonyl (C=O) groups is 2. The molecule has 4 nitrogen and oxygen atoms in total. The first kappa shape index (κ1) is 24.0. The van der Waals surface area contributed by atoms with E-state index in [4.69, 9.17) is 0 Å². The normalized spacial score (nSPS) is 19.2. The van der Waals surface area contributed by atoms with Crippen molar-refractivity contribution in [2.24, 2.45) is 11.8 Å². The van der Waals surface area contributed by atoms with Crippen molar-refractivity contribution in [3.63, 3.8) is 0 Å². The summed E-state index contributed by atoms with van der Waals surface area (Å²) in [5, 5.41) is 6.15. The Hall–Kier alpha value is -1.06. The van der Waals surface area contributed by atoms with E-state index in [1.807, 2.05) is 0 Å². The number of hydrogen-bond acceptors (Lipinski definition) is 2. The molecule has 1 saturated carbocycles. The minimum Gasteiger partial charge on any atom is -0.356 e. The predicted molar refractivity (Wildman–Crippen MR) is 114 cm³/mol. The third-order valence-electron chi connectivity index (χ3n) is 5.85. The van der Waals surface area contributed by atoms with Gasteiger partial charge < -0.3 is 10.6 Å². The van der Waals surface area contributed by atoms with E-state index in [-0.39, 0.29) is 23.7 Å². The van der Waals surface area contributed by atoms with E-state index in [1.54, 1.807) is 0 Å². The molecule has 1 aliphatic carbocycles. The fraction of sp³-hybridized carbons (Fsp3) is 0.913. The highest BCUT2D eigenvalue weighted by molar-refractivity contribution is 5.88. The Balaban J connectivity index is 2.15. The third-order valence-corrected chi connectivity index (χ3v) is 5.85. The standard InChI is InChI=1S/C23H44N2O2/c1-3-5-7-9-11-13-18-24-22(26)20-16-15-17-21(20)23(27)25-19-14-12-10-8-6-4-2/h20-21H,3-19H2,1-2H3,(H,24,26)(H,25,27)/t20-,21+. The molecular formula is C23H44N2O2. The summed E-state index contributed by atoms with van der Waals surface area (Å²) in [6.45, 7) is 5.96. The van der Waals surface area contributed by atoms with E-state index in [1.165, 1.54) is 64.2 Å². The molecule has 1 aliphatic rings. The number of amides is 2. The van der Waals surface area contributed by atoms with Gasteiger partial charge in [0, 0.05) is 24.9 Å². The van der Waals surface area contributed by atoms with Crippen LogP contribution < -0.4 is 10.6 Å². The first-order valence-electron chi connectivity index (χ1n) is 11.8. The Bertz CT molecular complexity index is 362. The molecule has 0 aliphatic heterocycles. The van der Waals surface area contributed by atoms with Gasteiger partial charge in [-0.1, -0.05) is 84.5 Å². The van der Waals surface area contributed by atoms with Crippen LogP contribution in [0.25, 0.3) is 0 Å². The lowest BCUT2D eigenvalue weighted by Crippen LogP contribution is -2.40. The van der Waals surface area contributed by atoms with Crippen molar-refractivity contribution in [3.05, 3.63) is 0 Å². The second kappa shape index (κ2) is 15.9. The zero-order valence-electron chi connectivity index (χ0n) is 18.0. The average molecular weight is 381 g/mol. The maximum Gasteiger partial charge on any atom is 0.223 e. The highest BCUT2D eigenvalue weighted by Crippen LogP contribution is 2.32. The van der Waals surface area contributed by atoms with E-state index < -0.39 is 0 Å². The molecule has 4 heteroatoms. The molecule has 158 valence electrons. The molecule has 0 unspecified atom stereocenters. The molecule has 2 N–H and O–H groups in total. The van der Waals surface area contributed by atoms with Gasteiger partial charge in [0.25, 0.3) is 0 Å². The van der Waals surface area contributed by atoms with E-state index >= 15 is 0 Å². The summed E-state index contributed by atoms with van der Waals surface area (Å²) in [6.07, 6.45) is 17.5. The van der Waals surface area contributed by atoms with Gasteiger partial charge >= 0.3 is 0 Å². The van der Waals surface area contributed by atoms with Gasteiger partial charge in [-0.25, -0.2) is 0 Å². The van der Waals surface area contributed by atoms with Gasteiger partial charge in [0.15, 0.2) is 0 Å². The monoisotopic (exact) mass is 380 g/mol. The van der Waals surface area contributed by atoms with Crippen molar-refractivity contribution in [3.8, 4) is 0 Å². The molecule has 0 saturated heterocycles. The SMILES string of the molecule is CCCCCCCCNC(=O)[C@H]1CCC[C@H]1C(=O)NCCCCCCCC. The first-order valence-corrected chi connectivity index (χ1v) is 11.8. The van der Waals surface area contributed by atoms with Crippen LogP contribution in [-0.4, -0.2) is 24.9 Å². The number of unbranched alkanes of at least 4 members (excludes halogenated alkanes) is 10. The molecule has 0 spiro atoms. The van der Waals surface area contributed by atoms with E-state index in [0.29, 0.717) is 0 Å². The summed E-state index contributed by atoms with van der Waals surface area (Å²) in [6, 6.07) is 0. The highest BCUT2D eigenvalue weighted by atomic mass is 16.2. The second-order valence-electron chi connectivity index (χ2n) is 8.26. The Morgan fingerprint density at radius 1 is 0.630 bits per heavy atom. The van der Waals surface area contributed by atoms with Crippen LogP contribution in [0.5, 0.6) is 0 Å². The quantitative estimate of drug-likeness (QED) is 0.354. The molecule has 0 radical (unpaired) electrons. The first-order chi connectivity index (χ1) is 13.2. The fourth-order valence-corrected chi connectivity index (χ4v) is 4.08. The molecule has 1 rings (SSSR count). The Morgan fingerprint density at radius 2 is 1.00 bits per heavy atom. The van der Waals surface area contributed by atoms with Gasteiger partial charge in [-0.2, -0.15) is 0 Å². The summed E-state index contributed by atoms with van der Waals surface area (Å²) in [5.41, 5.74) is 0. The Labute approximate surface area is 167 Å². The van der Waals surface area contributed by atoms with E-state index in [2.05, 4.69) is 24.5 Å². The van der Waals surface area contributed by atoms with Crippen LogP contribution in [0, 0.1) is 11.8 Å². The van der Waals surface area contributed by atoms with E-state index in [9.17, 15) is 9.59 Å². The molecule has 27 heavy (non-hydrogen) atoms. The van der Waals surface area contributed by atoms with Crippen LogP contribution in [0.4, 0.5) is 0 Å². The fourth-order valence-electron chi connectivity index (χ4n) is 4.08. The van der Waals surface area contributed by atoms with Crippen molar-refractivity contribution in [2.45, 2.75) is 110 Å². The van der Waals surface area contributed by atoms with Gasteiger partial charge in [-0.15, -0.1) is 0 Å². The molecule has 0 aromatic rings. The zero-order valence-corrected chi connectivity index (χ0v) is 18.0. The lowest BCUT2D eigenvalue weighted by atomic mass is 9.94. The lowest BCUT2D eigenvalue weighted by molar-refractivity contribution is -0.133. The number of hydrogen-bond donors (Lipinski definition) is 2. The van der Waals surface area contributed by atoms with Gasteiger partial charge in [0.05, 0.1) is 0 Å². The topological polar surface area (TPSA) is 58.2 Å². The van der Waals surface area contributed by atoms with Gasteiger partial charge in [-0.05, 0) is 25.7 Å². The van der Waals surface area contributed by atoms with Crippen LogP contribution in [0.1, 0.15) is 110 Å². The number of nitrogens with one attached hydrogen (secondary N) is 2. The van der Waals surface area contributed by atoms with Gasteiger partial charge in [0.2, 0.25) is 11.8 Å². The zero-order chi connectivity index (χ0) is 19.7. The highest BCUT2D eigenvalue weighted by Gasteiger charge is 2.37. The third kappa shape index (κ3) is 10.8. The van der Waals surface area contributed by atoms with Crippen molar-refractivity contribution >= 4 is 11.8 Å². The average Bonchev–Trinajstić information content (AvgIpc) is 3.16. The summed E-state index contributed by atoms with van der Waals surface area (Å²) >= 11 is 0. The molecular weight excluding hydrogens is 336 g/mol. The smallest absolute Gasteiger partial charge is 0.223 e. The second-order valence-corrected chi connectivity index (χ2v) is 8.26. The maximum absolute atomic E-state index is 12.5. The van der Waals surface area contributed by atoms with Crippen molar-refractivity contribution in [1.29, 1.82) is 0 Å². The molecule has 0 heterocycles. The summed E-state index contributed by atoms with van der Waals surface area (Å²) < 4.78 is 0. The molecule has 2 amide bonds. The minimum atomic E-state index is -0.116. The number of rotatable bonds is 16. The van der Waals surface area contributed by atoms with Crippen LogP contribution in [0.15, 0.2) is 0 Å². The van der Waals surface area contributed by atoms with E-state index in [0.717, 1.165) is 45.2 Å². The summed E-state index contributed by atoms with van der Waals surface area (Å²) in [5.74, 6) is -0.0363. The van der Waals surface area contributed by atoms with Gasteiger partial charge in [0.1, 0.15) is 0 Å². The maximum atomic E-state index is 12.5. The van der Waals surface area contributed by atoms with Crippen LogP contribution in [0.2, 0.25) is 0 Å². The van der Waals surface area contributed by atoms with Crippen molar-refractivity contribution in [2.75, 3.05) is 13.1 Å². The lowest BCUT2D eigenvalue weighted by Gasteiger charge is -2.19. The van der Waals surface area contributed by atoms with Crippen molar-refractivity contribution < 1.29 is 9.59 Å². The summed E-state index contributed by atoms with van der Waals surface area (Å²) in [4.78, 5) is 25.0. The molecule has 0 aromatic heterocycles. The number of carbonyl (C=O) groups excluding carboxylic acids is 2. The van der Waals surface area contributed by atoms with Crippen LogP contribution in [-0.2, 0) is 9.59 Å².